The highest BCUT2D eigenvalue weighted by molar-refractivity contribution is 4.89. The Labute approximate surface area is 639 Å². The van der Waals surface area contributed by atoms with E-state index in [0.29, 0.717) is 0 Å². The minimum Gasteiger partial charge on any atom is -0.0530 e. The molecule has 0 aromatic carbocycles. The third-order valence-corrected chi connectivity index (χ3v) is 36.1. The van der Waals surface area contributed by atoms with Crippen molar-refractivity contribution in [3.63, 3.8) is 0 Å². The third kappa shape index (κ3) is 28.3. The van der Waals surface area contributed by atoms with Gasteiger partial charge in [-0.1, -0.05) is 437 Å². The zero-order valence-electron chi connectivity index (χ0n) is 69.0. The van der Waals surface area contributed by atoms with Crippen LogP contribution in [-0.4, -0.2) is 0 Å². The Morgan fingerprint density at radius 2 is 0.137 bits per heavy atom. The molecule has 6 atom stereocenters. The second-order valence-corrected chi connectivity index (χ2v) is 43.8. The van der Waals surface area contributed by atoms with E-state index in [4.69, 9.17) is 0 Å². The van der Waals surface area contributed by atoms with Gasteiger partial charge in [-0.3, -0.25) is 0 Å². The van der Waals surface area contributed by atoms with E-state index >= 15 is 0 Å². The summed E-state index contributed by atoms with van der Waals surface area (Å²) in [7, 11) is 0. The van der Waals surface area contributed by atoms with Crippen LogP contribution in [0.25, 0.3) is 0 Å². The van der Waals surface area contributed by atoms with E-state index < -0.39 is 0 Å². The second kappa shape index (κ2) is 44.9. The summed E-state index contributed by atoms with van der Waals surface area (Å²) in [5.74, 6) is 27.7. The van der Waals surface area contributed by atoms with E-state index in [1.165, 1.54) is 150 Å². The highest BCUT2D eigenvalue weighted by atomic mass is 14.4. The summed E-state index contributed by atoms with van der Waals surface area (Å²) in [6, 6.07) is 0. The molecule has 6 unspecified atom stereocenters. The summed E-state index contributed by atoms with van der Waals surface area (Å²) in [5, 5.41) is 0. The van der Waals surface area contributed by atoms with Crippen LogP contribution >= 0.6 is 0 Å². The van der Waals surface area contributed by atoms with Crippen LogP contribution in [0.15, 0.2) is 0 Å². The van der Waals surface area contributed by atoms with Crippen LogP contribution in [-0.2, 0) is 0 Å². The molecule has 0 radical (unpaired) electrons. The molecular formula is C102H180. The Bertz CT molecular complexity index is 1900. The largest absolute Gasteiger partial charge is 0.0530 e. The standard InChI is InChI=1S/C11H20.2C10H18.3C9H16.3C8H14.2C7H12.C6H10/c1-2-5-11-7-3-6-10(4-1)8-9-11;1-3-9-5-2-6-10(4-1)8-7-9;1-2-4-10-7-5-9(3-1)6-8-10;1-3-8-5-2-6-9(4-1)7-8;1-2-8-4-6-9(3-1)7-5-8;1-2-4-9-6-5-8(3-1)7-9;1-2-8-5-3-7(1)4-6-8;1-2-7-4-5-8(3-1)6-7;1-2-4-8-5-7(3-1)6-8;1-2-7-4-3-6(1)5-7;1-2-6-4-7(3-1)5-6;1-2-6-3-5(1)4-6/h10-11H,1-9H2;2*9-10H,1-8H2;3*8-9H,1-7H2;3*7-8H,1-6H2;2*6-7H,1-5H2;5-6H,1-4H2. The molecule has 0 saturated heterocycles. The normalized spacial score (nSPS) is 43.8. The summed E-state index contributed by atoms with van der Waals surface area (Å²) < 4.78 is 0. The molecule has 0 N–H and O–H groups in total. The average molecular weight is 1410 g/mol. The van der Waals surface area contributed by atoms with Crippen molar-refractivity contribution < 1.29 is 0 Å². The summed E-state index contributed by atoms with van der Waals surface area (Å²) in [6.07, 6.45) is 121. The van der Waals surface area contributed by atoms with Crippen molar-refractivity contribution in [1.82, 2.24) is 0 Å². The molecule has 0 heteroatoms. The lowest BCUT2D eigenvalue weighted by Gasteiger charge is -2.40. The summed E-state index contributed by atoms with van der Waals surface area (Å²) in [4.78, 5) is 0. The van der Waals surface area contributed by atoms with Crippen molar-refractivity contribution >= 4 is 0 Å². The Hall–Kier alpha value is 0. The Kier molecular flexibility index (Phi) is 35.2. The molecule has 102 heavy (non-hydrogen) atoms. The minimum absolute atomic E-state index is 1.13. The molecule has 30 saturated carbocycles. The average Bonchev–Trinajstić information content (AvgIpc) is 1.74. The maximum atomic E-state index is 1.58. The van der Waals surface area contributed by atoms with Gasteiger partial charge < -0.3 is 0 Å². The lowest BCUT2D eigenvalue weighted by Crippen LogP contribution is -2.28. The predicted molar refractivity (Wildman–Crippen MR) is 444 cm³/mol. The van der Waals surface area contributed by atoms with E-state index in [1.807, 2.05) is 0 Å². The van der Waals surface area contributed by atoms with Crippen LogP contribution in [0.2, 0.25) is 0 Å². The first kappa shape index (κ1) is 80.1. The fraction of sp³-hybridized carbons (Fsp3) is 1.00. The molecule has 0 aromatic heterocycles. The molecule has 0 amide bonds. The van der Waals surface area contributed by atoms with Gasteiger partial charge in [0, 0.05) is 0 Å². The molecule has 0 spiro atoms. The molecule has 0 heterocycles. The number of hydrogen-bond acceptors (Lipinski definition) is 0. The van der Waals surface area contributed by atoms with Crippen molar-refractivity contribution in [2.75, 3.05) is 0 Å². The van der Waals surface area contributed by atoms with Gasteiger partial charge in [0.1, 0.15) is 0 Å². The first-order valence-electron chi connectivity index (χ1n) is 50.4. The first-order valence-corrected chi connectivity index (χ1v) is 50.4. The van der Waals surface area contributed by atoms with Crippen LogP contribution in [0.3, 0.4) is 0 Å². The molecule has 30 aliphatic carbocycles. The van der Waals surface area contributed by atoms with Gasteiger partial charge in [0.15, 0.2) is 0 Å². The quantitative estimate of drug-likeness (QED) is 0.227. The summed E-state index contributed by atoms with van der Waals surface area (Å²) in [6.45, 7) is 0. The maximum Gasteiger partial charge on any atom is -0.0409 e. The van der Waals surface area contributed by atoms with Gasteiger partial charge in [-0.05, 0) is 206 Å². The minimum atomic E-state index is 1.13. The molecule has 0 nitrogen and oxygen atoms in total. The Morgan fingerprint density at radius 3 is 0.304 bits per heavy atom. The second-order valence-electron chi connectivity index (χ2n) is 43.8. The van der Waals surface area contributed by atoms with Gasteiger partial charge in [-0.15, -0.1) is 0 Å². The highest BCUT2D eigenvalue weighted by Gasteiger charge is 2.37. The van der Waals surface area contributed by atoms with Crippen molar-refractivity contribution in [2.45, 2.75) is 501 Å². The molecule has 24 bridgehead atoms. The Balaban J connectivity index is 0.0000000995. The van der Waals surface area contributed by atoms with Crippen LogP contribution in [0.4, 0.5) is 0 Å². The van der Waals surface area contributed by atoms with Crippen molar-refractivity contribution in [3.8, 4) is 0 Å². The molecule has 0 aromatic rings. The van der Waals surface area contributed by atoms with E-state index in [0.717, 1.165) is 94.7 Å². The predicted octanol–water partition coefficient (Wildman–Crippen LogP) is 33.4. The molecule has 588 valence electrons. The lowest BCUT2D eigenvalue weighted by molar-refractivity contribution is 0.116. The van der Waals surface area contributed by atoms with Gasteiger partial charge in [0.05, 0.1) is 0 Å². The lowest BCUT2D eigenvalue weighted by atomic mass is 9.65. The van der Waals surface area contributed by atoms with E-state index in [2.05, 4.69) is 0 Å². The fourth-order valence-corrected chi connectivity index (χ4v) is 28.9. The smallest absolute Gasteiger partial charge is 0.0409 e. The van der Waals surface area contributed by atoms with E-state index in [-0.39, 0.29) is 0 Å². The van der Waals surface area contributed by atoms with Gasteiger partial charge in [-0.2, -0.15) is 0 Å². The van der Waals surface area contributed by atoms with Crippen molar-refractivity contribution in [3.05, 3.63) is 0 Å². The zero-order chi connectivity index (χ0) is 69.0. The van der Waals surface area contributed by atoms with Gasteiger partial charge in [-0.25, -0.2) is 0 Å². The SMILES string of the molecule is C1CC2CC(C1)C2.C1CC2CC1C2.C1CC2CCC(C1)C2.C1CC2CCC(C1)CC2.C1CC2CCC1C2.C1CC2CCC1CC2.C1CC2CCCC(C1)C2.C1CC2CCCC(C1)CC2.C1CCC2CC(C1)C2.C1CCC2CCC(C1)C2.C1CCC2CCC(C1)CC2.C1CCC2CCCC(C1)CC2. The van der Waals surface area contributed by atoms with E-state index in [1.54, 1.807) is 398 Å². The van der Waals surface area contributed by atoms with Crippen LogP contribution in [0.1, 0.15) is 501 Å². The molecular weight excluding hydrogens is 1230 g/mol. The highest BCUT2D eigenvalue weighted by Crippen LogP contribution is 2.50. The summed E-state index contributed by atoms with van der Waals surface area (Å²) in [5.41, 5.74) is 0. The van der Waals surface area contributed by atoms with Crippen molar-refractivity contribution in [2.24, 2.45) is 142 Å². The third-order valence-electron chi connectivity index (χ3n) is 36.1. The monoisotopic (exact) mass is 1410 g/mol. The van der Waals surface area contributed by atoms with Gasteiger partial charge in [0.2, 0.25) is 0 Å². The maximum absolute atomic E-state index is 1.58. The summed E-state index contributed by atoms with van der Waals surface area (Å²) >= 11 is 0. The topological polar surface area (TPSA) is 0 Å². The number of fused-ring (bicyclic) bond motifs is 32. The molecule has 30 rings (SSSR count). The van der Waals surface area contributed by atoms with Gasteiger partial charge >= 0.3 is 0 Å². The molecule has 30 fully saturated rings. The zero-order valence-corrected chi connectivity index (χ0v) is 69.0. The first-order chi connectivity index (χ1) is 50.4. The molecule has 30 aliphatic rings. The Morgan fingerprint density at radius 1 is 0.0588 bits per heavy atom. The van der Waals surface area contributed by atoms with Gasteiger partial charge in [0.25, 0.3) is 0 Å². The van der Waals surface area contributed by atoms with Crippen LogP contribution in [0.5, 0.6) is 0 Å². The van der Waals surface area contributed by atoms with E-state index in [9.17, 15) is 0 Å². The van der Waals surface area contributed by atoms with Crippen LogP contribution in [0, 0.1) is 142 Å². The number of rotatable bonds is 0. The fourth-order valence-electron chi connectivity index (χ4n) is 28.9. The van der Waals surface area contributed by atoms with Crippen molar-refractivity contribution in [1.29, 1.82) is 0 Å². The number of hydrogen-bond donors (Lipinski definition) is 0. The molecule has 0 aliphatic heterocycles. The van der Waals surface area contributed by atoms with Crippen LogP contribution < -0.4 is 0 Å².